The number of nitrogens with one attached hydrogen (secondary N) is 1. The quantitative estimate of drug-likeness (QED) is 0.851. The number of nitrogens with zero attached hydrogens (tertiary/aromatic N) is 2. The van der Waals surface area contributed by atoms with Gasteiger partial charge in [0, 0.05) is 18.2 Å². The highest BCUT2D eigenvalue weighted by Crippen LogP contribution is 2.26. The van der Waals surface area contributed by atoms with Gasteiger partial charge in [-0.2, -0.15) is 4.98 Å². The molecule has 0 atom stereocenters. The summed E-state index contributed by atoms with van der Waals surface area (Å²) in [6.07, 6.45) is 5.05. The zero-order chi connectivity index (χ0) is 15.1. The van der Waals surface area contributed by atoms with Crippen molar-refractivity contribution in [3.05, 3.63) is 47.8 Å². The lowest BCUT2D eigenvalue weighted by Crippen LogP contribution is -2.04. The molecule has 0 aliphatic carbocycles. The molecule has 1 aromatic heterocycles. The predicted octanol–water partition coefficient (Wildman–Crippen LogP) is 4.43. The van der Waals surface area contributed by atoms with Crippen molar-refractivity contribution in [3.63, 3.8) is 0 Å². The summed E-state index contributed by atoms with van der Waals surface area (Å²) >= 11 is 0. The maximum absolute atomic E-state index is 5.92. The van der Waals surface area contributed by atoms with Crippen LogP contribution < -0.4 is 10.1 Å². The summed E-state index contributed by atoms with van der Waals surface area (Å²) in [5.41, 5.74) is 1.03. The Balaban J connectivity index is 2.25. The van der Waals surface area contributed by atoms with Crippen LogP contribution in [0.25, 0.3) is 6.08 Å². The molecule has 0 aliphatic rings. The maximum atomic E-state index is 5.92. The largest absolute Gasteiger partial charge is 0.438 e. The van der Waals surface area contributed by atoms with Crippen LogP contribution in [0.4, 0.5) is 5.82 Å². The van der Waals surface area contributed by atoms with Gasteiger partial charge in [-0.3, -0.25) is 0 Å². The van der Waals surface area contributed by atoms with E-state index in [-0.39, 0.29) is 0 Å². The van der Waals surface area contributed by atoms with Gasteiger partial charge < -0.3 is 10.1 Å². The van der Waals surface area contributed by atoms with E-state index in [1.54, 1.807) is 0 Å². The molecular formula is C17H21N3O. The smallest absolute Gasteiger partial charge is 0.224 e. The highest BCUT2D eigenvalue weighted by atomic mass is 16.5. The minimum absolute atomic E-state index is 0.554. The predicted molar refractivity (Wildman–Crippen MR) is 86.8 cm³/mol. The Morgan fingerprint density at radius 2 is 2.05 bits per heavy atom. The Morgan fingerprint density at radius 1 is 1.24 bits per heavy atom. The monoisotopic (exact) mass is 283 g/mol. The summed E-state index contributed by atoms with van der Waals surface area (Å²) in [5, 5.41) is 3.26. The van der Waals surface area contributed by atoms with Crippen LogP contribution in [0.1, 0.15) is 31.7 Å². The third-order valence-electron chi connectivity index (χ3n) is 2.85. The van der Waals surface area contributed by atoms with Crippen LogP contribution in [0.15, 0.2) is 36.4 Å². The maximum Gasteiger partial charge on any atom is 0.224 e. The molecule has 2 rings (SSSR count). The molecule has 0 bridgehead atoms. The molecule has 4 nitrogen and oxygen atoms in total. The summed E-state index contributed by atoms with van der Waals surface area (Å²) in [6, 6.07) is 9.72. The first-order valence-corrected chi connectivity index (χ1v) is 7.22. The van der Waals surface area contributed by atoms with E-state index in [9.17, 15) is 0 Å². The van der Waals surface area contributed by atoms with Gasteiger partial charge in [0.05, 0.1) is 0 Å². The number of aromatic nitrogens is 2. The second kappa shape index (κ2) is 7.43. The van der Waals surface area contributed by atoms with Crippen LogP contribution >= 0.6 is 0 Å². The molecule has 0 spiro atoms. The molecule has 0 amide bonds. The number of ether oxygens (including phenoxy) is 1. The standard InChI is InChI=1S/C17H21N3O/c1-4-8-14-9-6-7-10-15(14)21-17-12-16(18-11-5-2)19-13(3)20-17/h4,6-10,12H,5,11H2,1-3H3,(H,18,19,20)/b8-4+. The Bertz CT molecular complexity index is 623. The van der Waals surface area contributed by atoms with E-state index in [0.717, 1.165) is 30.1 Å². The normalized spacial score (nSPS) is 10.8. The van der Waals surface area contributed by atoms with Gasteiger partial charge in [0.2, 0.25) is 5.88 Å². The van der Waals surface area contributed by atoms with Crippen molar-refractivity contribution in [3.8, 4) is 11.6 Å². The molecular weight excluding hydrogens is 262 g/mol. The number of anilines is 1. The number of para-hydroxylation sites is 1. The van der Waals surface area contributed by atoms with Gasteiger partial charge in [-0.05, 0) is 26.3 Å². The third-order valence-corrected chi connectivity index (χ3v) is 2.85. The molecule has 0 radical (unpaired) electrons. The zero-order valence-corrected chi connectivity index (χ0v) is 12.8. The Hall–Kier alpha value is -2.36. The first kappa shape index (κ1) is 15.0. The molecule has 4 heteroatoms. The average Bonchev–Trinajstić information content (AvgIpc) is 2.47. The highest BCUT2D eigenvalue weighted by Gasteiger charge is 2.06. The number of rotatable bonds is 6. The number of benzene rings is 1. The molecule has 110 valence electrons. The molecule has 0 unspecified atom stereocenters. The first-order chi connectivity index (χ1) is 10.2. The van der Waals surface area contributed by atoms with Gasteiger partial charge in [-0.25, -0.2) is 4.98 Å². The van der Waals surface area contributed by atoms with E-state index in [1.165, 1.54) is 0 Å². The minimum Gasteiger partial charge on any atom is -0.438 e. The van der Waals surface area contributed by atoms with Crippen LogP contribution in [0.2, 0.25) is 0 Å². The van der Waals surface area contributed by atoms with Gasteiger partial charge in [0.15, 0.2) is 0 Å². The van der Waals surface area contributed by atoms with Crippen LogP contribution in [0.3, 0.4) is 0 Å². The fourth-order valence-corrected chi connectivity index (χ4v) is 1.94. The summed E-state index contributed by atoms with van der Waals surface area (Å²) < 4.78 is 5.92. The van der Waals surface area contributed by atoms with Gasteiger partial charge in [0.1, 0.15) is 17.4 Å². The lowest BCUT2D eigenvalue weighted by molar-refractivity contribution is 0.459. The molecule has 0 fully saturated rings. The van der Waals surface area contributed by atoms with Gasteiger partial charge in [0.25, 0.3) is 0 Å². The van der Waals surface area contributed by atoms with Crippen molar-refractivity contribution < 1.29 is 4.74 Å². The molecule has 0 saturated heterocycles. The first-order valence-electron chi connectivity index (χ1n) is 7.22. The summed E-state index contributed by atoms with van der Waals surface area (Å²) in [4.78, 5) is 8.70. The molecule has 1 N–H and O–H groups in total. The van der Waals surface area contributed by atoms with E-state index in [1.807, 2.05) is 56.3 Å². The van der Waals surface area contributed by atoms with Crippen molar-refractivity contribution >= 4 is 11.9 Å². The molecule has 1 aromatic carbocycles. The number of hydrogen-bond acceptors (Lipinski definition) is 4. The number of allylic oxidation sites excluding steroid dienone is 1. The zero-order valence-electron chi connectivity index (χ0n) is 12.8. The SMILES string of the molecule is C/C=C/c1ccccc1Oc1cc(NCCC)nc(C)n1. The minimum atomic E-state index is 0.554. The average molecular weight is 283 g/mol. The summed E-state index contributed by atoms with van der Waals surface area (Å²) in [6.45, 7) is 6.84. The molecule has 2 aromatic rings. The third kappa shape index (κ3) is 4.31. The Morgan fingerprint density at radius 3 is 2.81 bits per heavy atom. The number of hydrogen-bond donors (Lipinski definition) is 1. The lowest BCUT2D eigenvalue weighted by Gasteiger charge is -2.10. The Kier molecular flexibility index (Phi) is 5.32. The molecule has 0 saturated carbocycles. The second-order valence-electron chi connectivity index (χ2n) is 4.71. The van der Waals surface area contributed by atoms with E-state index in [0.29, 0.717) is 11.7 Å². The second-order valence-corrected chi connectivity index (χ2v) is 4.71. The van der Waals surface area contributed by atoms with Crippen LogP contribution in [0.5, 0.6) is 11.6 Å². The highest BCUT2D eigenvalue weighted by molar-refractivity contribution is 5.57. The molecule has 0 aliphatic heterocycles. The van der Waals surface area contributed by atoms with E-state index in [4.69, 9.17) is 4.74 Å². The van der Waals surface area contributed by atoms with Gasteiger partial charge in [-0.1, -0.05) is 37.3 Å². The van der Waals surface area contributed by atoms with Crippen LogP contribution in [0, 0.1) is 6.92 Å². The van der Waals surface area contributed by atoms with E-state index in [2.05, 4.69) is 22.2 Å². The van der Waals surface area contributed by atoms with Crippen molar-refractivity contribution in [2.75, 3.05) is 11.9 Å². The summed E-state index contributed by atoms with van der Waals surface area (Å²) in [5.74, 6) is 2.82. The molecule has 1 heterocycles. The fraction of sp³-hybridized carbons (Fsp3) is 0.294. The molecule has 21 heavy (non-hydrogen) atoms. The number of aryl methyl sites for hydroxylation is 1. The van der Waals surface area contributed by atoms with E-state index >= 15 is 0 Å². The van der Waals surface area contributed by atoms with Crippen molar-refractivity contribution in [2.24, 2.45) is 0 Å². The van der Waals surface area contributed by atoms with Crippen LogP contribution in [-0.4, -0.2) is 16.5 Å². The van der Waals surface area contributed by atoms with Gasteiger partial charge in [-0.15, -0.1) is 0 Å². The van der Waals surface area contributed by atoms with Crippen molar-refractivity contribution in [1.29, 1.82) is 0 Å². The van der Waals surface area contributed by atoms with Gasteiger partial charge >= 0.3 is 0 Å². The van der Waals surface area contributed by atoms with E-state index < -0.39 is 0 Å². The van der Waals surface area contributed by atoms with Crippen molar-refractivity contribution in [2.45, 2.75) is 27.2 Å². The fourth-order valence-electron chi connectivity index (χ4n) is 1.94. The Labute approximate surface area is 125 Å². The van der Waals surface area contributed by atoms with Crippen LogP contribution in [-0.2, 0) is 0 Å². The van der Waals surface area contributed by atoms with Crippen molar-refractivity contribution in [1.82, 2.24) is 9.97 Å². The lowest BCUT2D eigenvalue weighted by atomic mass is 10.2. The summed E-state index contributed by atoms with van der Waals surface area (Å²) in [7, 11) is 0. The topological polar surface area (TPSA) is 47.0 Å².